The lowest BCUT2D eigenvalue weighted by Gasteiger charge is -2.03. The van der Waals surface area contributed by atoms with Crippen molar-refractivity contribution in [1.82, 2.24) is 0 Å². The molecule has 0 saturated heterocycles. The van der Waals surface area contributed by atoms with E-state index in [1.165, 1.54) is 6.92 Å². The first-order chi connectivity index (χ1) is 5.86. The van der Waals surface area contributed by atoms with Crippen molar-refractivity contribution in [3.05, 3.63) is 0 Å². The van der Waals surface area contributed by atoms with Gasteiger partial charge in [-0.1, -0.05) is 6.92 Å². The maximum absolute atomic E-state index is 10.6. The van der Waals surface area contributed by atoms with Crippen LogP contribution in [0.5, 0.6) is 0 Å². The summed E-state index contributed by atoms with van der Waals surface area (Å²) in [5, 5.41) is 25.8. The maximum Gasteiger partial charge on any atom is 0.322 e. The molecule has 3 N–H and O–H groups in total. The second-order valence-electron chi connectivity index (χ2n) is 3.08. The first-order valence-electron chi connectivity index (χ1n) is 3.56. The van der Waals surface area contributed by atoms with E-state index in [0.717, 1.165) is 0 Å². The third kappa shape index (κ3) is 0.912. The second-order valence-corrected chi connectivity index (χ2v) is 3.08. The summed E-state index contributed by atoms with van der Waals surface area (Å²) in [7, 11) is 0. The minimum atomic E-state index is -2.12. The standard InChI is InChI=1S/C7H8O6/c1-2-3(4(8)9)7(2,5(10)11)6(12)13/h2-3H,1H3,(H,8,9)(H,10,11)(H,12,13)/t2-,3-/m1/s1. The summed E-state index contributed by atoms with van der Waals surface area (Å²) in [6.07, 6.45) is 0. The number of rotatable bonds is 3. The van der Waals surface area contributed by atoms with Crippen LogP contribution in [0, 0.1) is 17.3 Å². The molecule has 1 rings (SSSR count). The number of aliphatic carboxylic acids is 3. The Hall–Kier alpha value is -1.59. The van der Waals surface area contributed by atoms with Crippen LogP contribution in [0.1, 0.15) is 6.92 Å². The summed E-state index contributed by atoms with van der Waals surface area (Å²) in [6, 6.07) is 0. The zero-order valence-corrected chi connectivity index (χ0v) is 6.72. The van der Waals surface area contributed by atoms with E-state index in [0.29, 0.717) is 0 Å². The Bertz CT molecular complexity index is 279. The first-order valence-corrected chi connectivity index (χ1v) is 3.56. The molecule has 0 amide bonds. The molecule has 1 fully saturated rings. The summed E-state index contributed by atoms with van der Waals surface area (Å²) in [6.45, 7) is 1.31. The van der Waals surface area contributed by atoms with Crippen molar-refractivity contribution >= 4 is 17.9 Å². The van der Waals surface area contributed by atoms with Crippen LogP contribution in [-0.4, -0.2) is 33.2 Å². The van der Waals surface area contributed by atoms with Crippen molar-refractivity contribution < 1.29 is 29.7 Å². The predicted molar refractivity (Wildman–Crippen MR) is 38.0 cm³/mol. The third-order valence-corrected chi connectivity index (χ3v) is 2.57. The molecule has 0 aliphatic heterocycles. The Labute approximate surface area is 72.8 Å². The van der Waals surface area contributed by atoms with Crippen LogP contribution in [0.4, 0.5) is 0 Å². The molecule has 0 aromatic heterocycles. The lowest BCUT2D eigenvalue weighted by atomic mass is 10.0. The Balaban J connectivity index is 3.06. The van der Waals surface area contributed by atoms with Crippen molar-refractivity contribution in [2.45, 2.75) is 6.92 Å². The highest BCUT2D eigenvalue weighted by molar-refractivity contribution is 6.08. The van der Waals surface area contributed by atoms with Gasteiger partial charge in [-0.2, -0.15) is 0 Å². The van der Waals surface area contributed by atoms with E-state index in [4.69, 9.17) is 15.3 Å². The maximum atomic E-state index is 10.6. The van der Waals surface area contributed by atoms with Gasteiger partial charge in [0.25, 0.3) is 0 Å². The van der Waals surface area contributed by atoms with E-state index in [1.54, 1.807) is 0 Å². The van der Waals surface area contributed by atoms with Gasteiger partial charge in [-0.3, -0.25) is 14.4 Å². The van der Waals surface area contributed by atoms with Crippen molar-refractivity contribution in [1.29, 1.82) is 0 Å². The van der Waals surface area contributed by atoms with Crippen molar-refractivity contribution in [2.75, 3.05) is 0 Å². The zero-order chi connectivity index (χ0) is 10.4. The fourth-order valence-electron chi connectivity index (χ4n) is 1.72. The lowest BCUT2D eigenvalue weighted by Crippen LogP contribution is -2.30. The normalized spacial score (nSPS) is 29.3. The molecular formula is C7H8O6. The Morgan fingerprint density at radius 2 is 1.46 bits per heavy atom. The Morgan fingerprint density at radius 3 is 1.54 bits per heavy atom. The fraction of sp³-hybridized carbons (Fsp3) is 0.571. The van der Waals surface area contributed by atoms with Gasteiger partial charge in [-0.05, 0) is 5.92 Å². The van der Waals surface area contributed by atoms with Gasteiger partial charge in [-0.25, -0.2) is 0 Å². The van der Waals surface area contributed by atoms with E-state index in [2.05, 4.69) is 0 Å². The molecule has 2 atom stereocenters. The van der Waals surface area contributed by atoms with Gasteiger partial charge in [0, 0.05) is 0 Å². The first kappa shape index (κ1) is 9.50. The Kier molecular flexibility index (Phi) is 1.79. The molecule has 0 bridgehead atoms. The summed E-state index contributed by atoms with van der Waals surface area (Å²) >= 11 is 0. The topological polar surface area (TPSA) is 112 Å². The van der Waals surface area contributed by atoms with Gasteiger partial charge in [0.05, 0.1) is 5.92 Å². The van der Waals surface area contributed by atoms with E-state index in [1.807, 2.05) is 0 Å². The van der Waals surface area contributed by atoms with Gasteiger partial charge >= 0.3 is 17.9 Å². The number of hydrogen-bond donors (Lipinski definition) is 3. The quantitative estimate of drug-likeness (QED) is 0.514. The van der Waals surface area contributed by atoms with Gasteiger partial charge in [0.1, 0.15) is 0 Å². The minimum Gasteiger partial charge on any atom is -0.481 e. The Morgan fingerprint density at radius 1 is 1.08 bits per heavy atom. The molecule has 0 spiro atoms. The van der Waals surface area contributed by atoms with E-state index in [-0.39, 0.29) is 0 Å². The van der Waals surface area contributed by atoms with Crippen molar-refractivity contribution in [2.24, 2.45) is 17.3 Å². The van der Waals surface area contributed by atoms with Gasteiger partial charge in [-0.15, -0.1) is 0 Å². The molecule has 13 heavy (non-hydrogen) atoms. The molecule has 0 unspecified atom stereocenters. The van der Waals surface area contributed by atoms with Crippen LogP contribution < -0.4 is 0 Å². The smallest absolute Gasteiger partial charge is 0.322 e. The molecule has 0 aromatic carbocycles. The van der Waals surface area contributed by atoms with E-state index >= 15 is 0 Å². The van der Waals surface area contributed by atoms with Crippen LogP contribution in [0.3, 0.4) is 0 Å². The second kappa shape index (κ2) is 2.45. The highest BCUT2D eigenvalue weighted by Crippen LogP contribution is 2.59. The van der Waals surface area contributed by atoms with Crippen LogP contribution in [0.25, 0.3) is 0 Å². The highest BCUT2D eigenvalue weighted by Gasteiger charge is 2.76. The summed E-state index contributed by atoms with van der Waals surface area (Å²) in [5.74, 6) is -6.72. The van der Waals surface area contributed by atoms with Crippen LogP contribution in [-0.2, 0) is 14.4 Å². The minimum absolute atomic E-state index is 0.861. The molecule has 72 valence electrons. The zero-order valence-electron chi connectivity index (χ0n) is 6.72. The highest BCUT2D eigenvalue weighted by atomic mass is 16.4. The van der Waals surface area contributed by atoms with E-state index in [9.17, 15) is 14.4 Å². The number of carboxylic acid groups (broad SMARTS) is 3. The average molecular weight is 188 g/mol. The summed E-state index contributed by atoms with van der Waals surface area (Å²) < 4.78 is 0. The molecule has 1 saturated carbocycles. The molecular weight excluding hydrogens is 180 g/mol. The monoisotopic (exact) mass is 188 g/mol. The van der Waals surface area contributed by atoms with Crippen LogP contribution >= 0.6 is 0 Å². The summed E-state index contributed by atoms with van der Waals surface area (Å²) in [5.41, 5.74) is -2.12. The number of carboxylic acids is 3. The number of hydrogen-bond acceptors (Lipinski definition) is 3. The number of carbonyl (C=O) groups is 3. The molecule has 0 radical (unpaired) electrons. The third-order valence-electron chi connectivity index (χ3n) is 2.57. The lowest BCUT2D eigenvalue weighted by molar-refractivity contribution is -0.161. The van der Waals surface area contributed by atoms with Crippen LogP contribution in [0.15, 0.2) is 0 Å². The SMILES string of the molecule is C[C@@H]1[C@H](C(=O)O)C1(C(=O)O)C(=O)O. The van der Waals surface area contributed by atoms with Gasteiger partial charge < -0.3 is 15.3 Å². The van der Waals surface area contributed by atoms with Crippen molar-refractivity contribution in [3.8, 4) is 0 Å². The average Bonchev–Trinajstić information content (AvgIpc) is 2.56. The van der Waals surface area contributed by atoms with Crippen LogP contribution in [0.2, 0.25) is 0 Å². The molecule has 6 heteroatoms. The molecule has 1 aliphatic carbocycles. The van der Waals surface area contributed by atoms with Gasteiger partial charge in [0.2, 0.25) is 0 Å². The van der Waals surface area contributed by atoms with Crippen molar-refractivity contribution in [3.63, 3.8) is 0 Å². The van der Waals surface area contributed by atoms with E-state index < -0.39 is 35.2 Å². The predicted octanol–water partition coefficient (Wildman–Crippen LogP) is -0.508. The van der Waals surface area contributed by atoms with Gasteiger partial charge in [0.15, 0.2) is 5.41 Å². The fourth-order valence-corrected chi connectivity index (χ4v) is 1.72. The molecule has 1 aliphatic rings. The largest absolute Gasteiger partial charge is 0.481 e. The molecule has 0 aromatic rings. The summed E-state index contributed by atoms with van der Waals surface area (Å²) in [4.78, 5) is 31.7. The molecule has 0 heterocycles. The molecule has 6 nitrogen and oxygen atoms in total.